The number of hydrogen-bond acceptors (Lipinski definition) is 6. The molecule has 0 spiro atoms. The third kappa shape index (κ3) is 3.34. The highest BCUT2D eigenvalue weighted by Crippen LogP contribution is 2.16. The summed E-state index contributed by atoms with van der Waals surface area (Å²) in [5.74, 6) is -0.778. The number of amides is 1. The maximum Gasteiger partial charge on any atom is 0.325 e. The Balaban J connectivity index is 2.01. The van der Waals surface area contributed by atoms with Gasteiger partial charge in [-0.25, -0.2) is 9.67 Å². The fourth-order valence-electron chi connectivity index (χ4n) is 2.05. The molecule has 3 aromatic rings. The van der Waals surface area contributed by atoms with E-state index < -0.39 is 5.97 Å². The van der Waals surface area contributed by atoms with E-state index in [1.54, 1.807) is 4.57 Å². The zero-order valence-corrected chi connectivity index (χ0v) is 13.1. The van der Waals surface area contributed by atoms with Gasteiger partial charge in [-0.2, -0.15) is 10.1 Å². The highest BCUT2D eigenvalue weighted by molar-refractivity contribution is 7.16. The van der Waals surface area contributed by atoms with Crippen LogP contribution in [-0.2, 0) is 27.4 Å². The monoisotopic (exact) mass is 331 g/mol. The average Bonchev–Trinajstić information content (AvgIpc) is 3.16. The van der Waals surface area contributed by atoms with Crippen LogP contribution in [0, 0.1) is 0 Å². The Morgan fingerprint density at radius 3 is 2.87 bits per heavy atom. The largest absolute Gasteiger partial charge is 0.468 e. The highest BCUT2D eigenvalue weighted by atomic mass is 32.1. The second-order valence-corrected chi connectivity index (χ2v) is 5.62. The van der Waals surface area contributed by atoms with Gasteiger partial charge in [0.2, 0.25) is 0 Å². The average molecular weight is 331 g/mol. The van der Waals surface area contributed by atoms with Crippen LogP contribution in [0.3, 0.4) is 0 Å². The summed E-state index contributed by atoms with van der Waals surface area (Å²) in [5.41, 5.74) is 0.829. The molecule has 3 rings (SSSR count). The van der Waals surface area contributed by atoms with Crippen molar-refractivity contribution in [2.24, 2.45) is 4.99 Å². The van der Waals surface area contributed by atoms with Crippen LogP contribution >= 0.6 is 11.3 Å². The molecule has 0 aliphatic carbocycles. The highest BCUT2D eigenvalue weighted by Gasteiger charge is 2.11. The summed E-state index contributed by atoms with van der Waals surface area (Å²) < 4.78 is 8.71. The van der Waals surface area contributed by atoms with Crippen molar-refractivity contribution in [3.63, 3.8) is 0 Å². The fourth-order valence-corrected chi connectivity index (χ4v) is 3.09. The van der Waals surface area contributed by atoms with Gasteiger partial charge in [0, 0.05) is 0 Å². The maximum absolute atomic E-state index is 12.1. The number of hydrogen-bond donors (Lipinski definition) is 0. The summed E-state index contributed by atoms with van der Waals surface area (Å²) in [6.07, 6.45) is 2.80. The van der Waals surface area contributed by atoms with Gasteiger partial charge in [0.15, 0.2) is 4.80 Å². The molecule has 0 bridgehead atoms. The van der Waals surface area contributed by atoms with Crippen molar-refractivity contribution in [1.29, 1.82) is 0 Å². The van der Waals surface area contributed by atoms with Crippen molar-refractivity contribution >= 4 is 33.4 Å². The molecule has 0 fully saturated rings. The summed E-state index contributed by atoms with van der Waals surface area (Å²) in [6, 6.07) is 7.54. The first-order valence-corrected chi connectivity index (χ1v) is 7.54. The van der Waals surface area contributed by atoms with Crippen molar-refractivity contribution in [3.05, 3.63) is 41.7 Å². The van der Waals surface area contributed by atoms with Crippen LogP contribution < -0.4 is 4.80 Å². The summed E-state index contributed by atoms with van der Waals surface area (Å²) in [4.78, 5) is 32.0. The minimum atomic E-state index is -0.404. The summed E-state index contributed by atoms with van der Waals surface area (Å²) >= 11 is 1.34. The molecule has 1 aromatic carbocycles. The molecule has 2 heterocycles. The van der Waals surface area contributed by atoms with Gasteiger partial charge in [0.25, 0.3) is 5.91 Å². The second-order valence-electron chi connectivity index (χ2n) is 4.61. The third-order valence-electron chi connectivity index (χ3n) is 3.09. The van der Waals surface area contributed by atoms with Crippen molar-refractivity contribution in [3.8, 4) is 0 Å². The molecule has 8 nitrogen and oxygen atoms in total. The van der Waals surface area contributed by atoms with E-state index in [-0.39, 0.29) is 19.0 Å². The number of nitrogens with zero attached hydrogens (tertiary/aromatic N) is 5. The topological polar surface area (TPSA) is 91.4 Å². The minimum Gasteiger partial charge on any atom is -0.468 e. The van der Waals surface area contributed by atoms with E-state index in [1.807, 2.05) is 24.3 Å². The Kier molecular flexibility index (Phi) is 4.29. The molecule has 0 atom stereocenters. The quantitative estimate of drug-likeness (QED) is 0.653. The van der Waals surface area contributed by atoms with Gasteiger partial charge in [-0.05, 0) is 12.1 Å². The number of para-hydroxylation sites is 1. The Morgan fingerprint density at radius 2 is 2.13 bits per heavy atom. The van der Waals surface area contributed by atoms with E-state index in [0.29, 0.717) is 4.80 Å². The first-order chi connectivity index (χ1) is 11.2. The van der Waals surface area contributed by atoms with Gasteiger partial charge in [0.1, 0.15) is 25.7 Å². The van der Waals surface area contributed by atoms with E-state index in [1.165, 1.54) is 35.8 Å². The molecule has 0 aliphatic rings. The molecular formula is C14H13N5O3S. The Hall–Kier alpha value is -2.81. The number of aromatic nitrogens is 4. The molecular weight excluding hydrogens is 318 g/mol. The number of thiazole rings is 1. The van der Waals surface area contributed by atoms with E-state index in [2.05, 4.69) is 15.1 Å². The first-order valence-electron chi connectivity index (χ1n) is 6.72. The number of benzene rings is 1. The normalized spacial score (nSPS) is 11.8. The molecule has 0 unspecified atom stereocenters. The minimum absolute atomic E-state index is 0.00402. The number of methoxy groups -OCH3 is 1. The number of carbonyl (C=O) groups excluding carboxylic acids is 2. The van der Waals surface area contributed by atoms with Crippen LogP contribution in [0.4, 0.5) is 0 Å². The molecule has 9 heteroatoms. The lowest BCUT2D eigenvalue weighted by Gasteiger charge is -2.03. The van der Waals surface area contributed by atoms with E-state index in [9.17, 15) is 9.59 Å². The first kappa shape index (κ1) is 15.1. The van der Waals surface area contributed by atoms with Crippen LogP contribution in [0.25, 0.3) is 10.2 Å². The Labute approximate surface area is 134 Å². The van der Waals surface area contributed by atoms with Crippen molar-refractivity contribution in [1.82, 2.24) is 19.3 Å². The predicted octanol–water partition coefficient (Wildman–Crippen LogP) is 0.595. The van der Waals surface area contributed by atoms with Gasteiger partial charge < -0.3 is 9.30 Å². The van der Waals surface area contributed by atoms with Crippen molar-refractivity contribution < 1.29 is 14.3 Å². The zero-order chi connectivity index (χ0) is 16.2. The van der Waals surface area contributed by atoms with Crippen LogP contribution in [-0.4, -0.2) is 38.3 Å². The van der Waals surface area contributed by atoms with E-state index in [4.69, 9.17) is 4.74 Å². The lowest BCUT2D eigenvalue weighted by atomic mass is 10.3. The van der Waals surface area contributed by atoms with Crippen molar-refractivity contribution in [2.75, 3.05) is 7.11 Å². The second kappa shape index (κ2) is 6.53. The van der Waals surface area contributed by atoms with Gasteiger partial charge in [-0.3, -0.25) is 9.59 Å². The molecule has 0 saturated carbocycles. The molecule has 0 saturated heterocycles. The lowest BCUT2D eigenvalue weighted by Crippen LogP contribution is -2.23. The van der Waals surface area contributed by atoms with E-state index >= 15 is 0 Å². The summed E-state index contributed by atoms with van der Waals surface area (Å²) in [7, 11) is 1.32. The van der Waals surface area contributed by atoms with Crippen LogP contribution in [0.2, 0.25) is 0 Å². The smallest absolute Gasteiger partial charge is 0.325 e. The number of esters is 1. The standard InChI is InChI=1S/C14H13N5O3S/c1-22-13(21)7-19-10-4-2-3-5-11(10)23-14(19)17-12(20)6-18-9-15-8-16-18/h2-5,8-9H,6-7H2,1H3. The van der Waals surface area contributed by atoms with Crippen LogP contribution in [0.15, 0.2) is 41.9 Å². The van der Waals surface area contributed by atoms with Gasteiger partial charge >= 0.3 is 5.97 Å². The van der Waals surface area contributed by atoms with Crippen LogP contribution in [0.1, 0.15) is 0 Å². The van der Waals surface area contributed by atoms with Gasteiger partial charge in [-0.1, -0.05) is 23.5 Å². The number of rotatable bonds is 4. The number of carbonyl (C=O) groups is 2. The molecule has 0 radical (unpaired) electrons. The molecule has 2 aromatic heterocycles. The molecule has 0 aliphatic heterocycles. The SMILES string of the molecule is COC(=O)Cn1c(=NC(=O)Cn2cncn2)sc2ccccc21. The van der Waals surface area contributed by atoms with Gasteiger partial charge in [-0.15, -0.1) is 0 Å². The lowest BCUT2D eigenvalue weighted by molar-refractivity contribution is -0.141. The predicted molar refractivity (Wildman–Crippen MR) is 82.4 cm³/mol. The summed E-state index contributed by atoms with van der Waals surface area (Å²) in [6.45, 7) is -0.0115. The molecule has 118 valence electrons. The number of fused-ring (bicyclic) bond motifs is 1. The van der Waals surface area contributed by atoms with E-state index in [0.717, 1.165) is 10.2 Å². The number of ether oxygens (including phenoxy) is 1. The molecule has 1 amide bonds. The zero-order valence-electron chi connectivity index (χ0n) is 12.2. The molecule has 0 N–H and O–H groups in total. The Bertz CT molecular complexity index is 910. The van der Waals surface area contributed by atoms with Crippen molar-refractivity contribution in [2.45, 2.75) is 13.1 Å². The van der Waals surface area contributed by atoms with Crippen LogP contribution in [0.5, 0.6) is 0 Å². The summed E-state index contributed by atoms with van der Waals surface area (Å²) in [5, 5.41) is 3.87. The maximum atomic E-state index is 12.1. The third-order valence-corrected chi connectivity index (χ3v) is 4.15. The van der Waals surface area contributed by atoms with Gasteiger partial charge in [0.05, 0.1) is 17.3 Å². The Morgan fingerprint density at radius 1 is 1.30 bits per heavy atom. The fraction of sp³-hybridized carbons (Fsp3) is 0.214. The molecule has 23 heavy (non-hydrogen) atoms.